The van der Waals surface area contributed by atoms with Crippen molar-refractivity contribution in [1.82, 2.24) is 4.72 Å². The summed E-state index contributed by atoms with van der Waals surface area (Å²) in [5.74, 6) is -1.75. The summed E-state index contributed by atoms with van der Waals surface area (Å²) in [6.07, 6.45) is 0. The minimum Gasteiger partial charge on any atom is -0.478 e. The van der Waals surface area contributed by atoms with Crippen LogP contribution in [0.2, 0.25) is 0 Å². The fourth-order valence-electron chi connectivity index (χ4n) is 2.22. The molecule has 128 valence electrons. The lowest BCUT2D eigenvalue weighted by Crippen LogP contribution is -2.40. The van der Waals surface area contributed by atoms with Crippen molar-refractivity contribution in [3.05, 3.63) is 53.8 Å². The molecule has 0 amide bonds. The Kier molecular flexibility index (Phi) is 4.77. The van der Waals surface area contributed by atoms with E-state index in [1.165, 1.54) is 30.3 Å². The van der Waals surface area contributed by atoms with E-state index in [-0.39, 0.29) is 16.0 Å². The molecule has 2 aromatic rings. The molecule has 0 spiro atoms. The Balaban J connectivity index is 2.44. The molecule has 0 aliphatic carbocycles. The summed E-state index contributed by atoms with van der Waals surface area (Å²) in [5.41, 5.74) is -0.0760. The fourth-order valence-corrected chi connectivity index (χ4v) is 3.64. The Morgan fingerprint density at radius 3 is 2.17 bits per heavy atom. The van der Waals surface area contributed by atoms with Gasteiger partial charge in [-0.2, -0.15) is 0 Å². The average Bonchev–Trinajstić information content (AvgIpc) is 2.44. The van der Waals surface area contributed by atoms with Crippen LogP contribution in [0.15, 0.2) is 47.4 Å². The molecule has 0 aliphatic heterocycles. The third-order valence-electron chi connectivity index (χ3n) is 3.13. The quantitative estimate of drug-likeness (QED) is 0.885. The molecule has 0 saturated carbocycles. The van der Waals surface area contributed by atoms with Crippen molar-refractivity contribution in [2.24, 2.45) is 0 Å². The molecule has 0 aliphatic rings. The molecule has 0 bridgehead atoms. The number of aromatic carboxylic acids is 1. The molecule has 0 atom stereocenters. The first kappa shape index (κ1) is 18.1. The number of nitrogens with one attached hydrogen (secondary N) is 1. The summed E-state index contributed by atoms with van der Waals surface area (Å²) in [7, 11) is -3.69. The van der Waals surface area contributed by atoms with E-state index in [4.69, 9.17) is 0 Å². The van der Waals surface area contributed by atoms with Crippen molar-refractivity contribution in [2.75, 3.05) is 0 Å². The normalized spacial score (nSPS) is 12.2. The number of carboxylic acids is 1. The van der Waals surface area contributed by atoms with Gasteiger partial charge in [0.05, 0.1) is 10.5 Å². The number of hydrogen-bond donors (Lipinski definition) is 2. The summed E-state index contributed by atoms with van der Waals surface area (Å²) < 4.78 is 40.5. The van der Waals surface area contributed by atoms with Crippen LogP contribution in [0.1, 0.15) is 31.1 Å². The zero-order valence-electron chi connectivity index (χ0n) is 13.5. The maximum Gasteiger partial charge on any atom is 0.336 e. The van der Waals surface area contributed by atoms with Gasteiger partial charge in [-0.05, 0) is 62.2 Å². The molecule has 0 unspecified atom stereocenters. The van der Waals surface area contributed by atoms with Crippen molar-refractivity contribution < 1.29 is 22.7 Å². The monoisotopic (exact) mass is 351 g/mol. The molecule has 0 saturated heterocycles. The molecule has 24 heavy (non-hydrogen) atoms. The molecule has 2 rings (SSSR count). The van der Waals surface area contributed by atoms with Gasteiger partial charge in [-0.3, -0.25) is 0 Å². The highest BCUT2D eigenvalue weighted by atomic mass is 32.2. The summed E-state index contributed by atoms with van der Waals surface area (Å²) in [4.78, 5) is 11.3. The highest BCUT2D eigenvalue weighted by Gasteiger charge is 2.22. The van der Waals surface area contributed by atoms with Crippen LogP contribution in [0, 0.1) is 5.82 Å². The predicted molar refractivity (Wildman–Crippen MR) is 88.9 cm³/mol. The summed E-state index contributed by atoms with van der Waals surface area (Å²) in [6.45, 7) is 5.18. The highest BCUT2D eigenvalue weighted by Crippen LogP contribution is 2.26. The van der Waals surface area contributed by atoms with Crippen molar-refractivity contribution in [3.63, 3.8) is 0 Å². The zero-order valence-corrected chi connectivity index (χ0v) is 14.3. The molecule has 7 heteroatoms. The molecule has 5 nitrogen and oxygen atoms in total. The standard InChI is InChI=1S/C17H18FNO4S/c1-17(2,3)19-24(22,23)13-7-4-11(5-8-13)15-10-12(18)6-9-14(15)16(20)21/h4-10,19H,1-3H3,(H,20,21). The minimum atomic E-state index is -3.69. The highest BCUT2D eigenvalue weighted by molar-refractivity contribution is 7.89. The zero-order chi connectivity index (χ0) is 18.1. The molecule has 2 N–H and O–H groups in total. The first-order chi connectivity index (χ1) is 11.0. The van der Waals surface area contributed by atoms with E-state index in [0.717, 1.165) is 12.1 Å². The van der Waals surface area contributed by atoms with Crippen molar-refractivity contribution in [3.8, 4) is 11.1 Å². The van der Waals surface area contributed by atoms with Gasteiger partial charge in [-0.25, -0.2) is 22.3 Å². The van der Waals surface area contributed by atoms with E-state index in [9.17, 15) is 22.7 Å². The smallest absolute Gasteiger partial charge is 0.336 e. The Bertz CT molecular complexity index is 868. The number of carbonyl (C=O) groups is 1. The first-order valence-corrected chi connectivity index (χ1v) is 8.65. The maximum absolute atomic E-state index is 13.5. The van der Waals surface area contributed by atoms with Gasteiger partial charge in [0, 0.05) is 5.54 Å². The molecule has 0 radical (unpaired) electrons. The fraction of sp³-hybridized carbons (Fsp3) is 0.235. The largest absolute Gasteiger partial charge is 0.478 e. The van der Waals surface area contributed by atoms with Crippen LogP contribution in [0.25, 0.3) is 11.1 Å². The Hall–Kier alpha value is -2.25. The molecule has 0 aromatic heterocycles. The number of halogens is 1. The van der Waals surface area contributed by atoms with Crippen LogP contribution in [0.4, 0.5) is 4.39 Å². The predicted octanol–water partition coefficient (Wildman–Crippen LogP) is 3.27. The van der Waals surface area contributed by atoms with Gasteiger partial charge >= 0.3 is 5.97 Å². The lowest BCUT2D eigenvalue weighted by Gasteiger charge is -2.20. The van der Waals surface area contributed by atoms with Crippen LogP contribution >= 0.6 is 0 Å². The number of benzene rings is 2. The van der Waals surface area contributed by atoms with Gasteiger partial charge in [0.15, 0.2) is 0 Å². The molecule has 2 aromatic carbocycles. The molecular weight excluding hydrogens is 333 g/mol. The van der Waals surface area contributed by atoms with E-state index < -0.39 is 27.3 Å². The first-order valence-electron chi connectivity index (χ1n) is 7.17. The maximum atomic E-state index is 13.5. The van der Waals surface area contributed by atoms with Crippen molar-refractivity contribution in [2.45, 2.75) is 31.2 Å². The number of rotatable bonds is 4. The third-order valence-corrected chi connectivity index (χ3v) is 4.90. The second kappa shape index (κ2) is 6.33. The summed E-state index contributed by atoms with van der Waals surface area (Å²) in [6, 6.07) is 9.00. The van der Waals surface area contributed by atoms with Crippen LogP contribution < -0.4 is 4.72 Å². The van der Waals surface area contributed by atoms with Crippen LogP contribution in [0.5, 0.6) is 0 Å². The molecule has 0 heterocycles. The second-order valence-corrected chi connectivity index (χ2v) is 8.06. The van der Waals surface area contributed by atoms with Crippen LogP contribution in [-0.2, 0) is 10.0 Å². The van der Waals surface area contributed by atoms with Gasteiger partial charge in [-0.15, -0.1) is 0 Å². The summed E-state index contributed by atoms with van der Waals surface area (Å²) in [5, 5.41) is 9.20. The second-order valence-electron chi connectivity index (χ2n) is 6.37. The van der Waals surface area contributed by atoms with Gasteiger partial charge in [0.2, 0.25) is 10.0 Å². The van der Waals surface area contributed by atoms with Crippen molar-refractivity contribution in [1.29, 1.82) is 0 Å². The van der Waals surface area contributed by atoms with E-state index >= 15 is 0 Å². The van der Waals surface area contributed by atoms with E-state index in [1.807, 2.05) is 0 Å². The van der Waals surface area contributed by atoms with Gasteiger partial charge in [0.25, 0.3) is 0 Å². The van der Waals surface area contributed by atoms with E-state index in [1.54, 1.807) is 20.8 Å². The van der Waals surface area contributed by atoms with Crippen LogP contribution in [-0.4, -0.2) is 25.0 Å². The molecule has 0 fully saturated rings. The number of carboxylic acid groups (broad SMARTS) is 1. The SMILES string of the molecule is CC(C)(C)NS(=O)(=O)c1ccc(-c2cc(F)ccc2C(=O)O)cc1. The Morgan fingerprint density at radius 2 is 1.67 bits per heavy atom. The lowest BCUT2D eigenvalue weighted by atomic mass is 10.00. The van der Waals surface area contributed by atoms with Gasteiger partial charge < -0.3 is 5.11 Å². The lowest BCUT2D eigenvalue weighted by molar-refractivity contribution is 0.0697. The Labute approximate surface area is 140 Å². The van der Waals surface area contributed by atoms with E-state index in [2.05, 4.69) is 4.72 Å². The number of hydrogen-bond acceptors (Lipinski definition) is 3. The topological polar surface area (TPSA) is 83.5 Å². The minimum absolute atomic E-state index is 0.0504. The van der Waals surface area contributed by atoms with E-state index in [0.29, 0.717) is 5.56 Å². The summed E-state index contributed by atoms with van der Waals surface area (Å²) >= 11 is 0. The third kappa shape index (κ3) is 4.18. The number of sulfonamides is 1. The van der Waals surface area contributed by atoms with Gasteiger partial charge in [-0.1, -0.05) is 12.1 Å². The Morgan fingerprint density at radius 1 is 1.08 bits per heavy atom. The van der Waals surface area contributed by atoms with Crippen LogP contribution in [0.3, 0.4) is 0 Å². The van der Waals surface area contributed by atoms with Crippen molar-refractivity contribution >= 4 is 16.0 Å². The average molecular weight is 351 g/mol. The van der Waals surface area contributed by atoms with Gasteiger partial charge in [0.1, 0.15) is 5.82 Å². The molecular formula is C17H18FNO4S.